The Hall–Kier alpha value is -0.0400. The number of aliphatic hydroxyl groups is 1. The highest BCUT2D eigenvalue weighted by molar-refractivity contribution is 5.27. The lowest BCUT2D eigenvalue weighted by atomic mass is 10.2. The van der Waals surface area contributed by atoms with Crippen LogP contribution >= 0.6 is 0 Å². The van der Waals surface area contributed by atoms with E-state index < -0.39 is 0 Å². The molecule has 0 aromatic carbocycles. The molecule has 0 spiro atoms. The average molecular weight is 96.1 g/mol. The number of fused-ring (bicyclic) bond motifs is 1. The summed E-state index contributed by atoms with van der Waals surface area (Å²) in [7, 11) is 0. The van der Waals surface area contributed by atoms with Gasteiger partial charge in [0.2, 0.25) is 0 Å². The van der Waals surface area contributed by atoms with Gasteiger partial charge in [0.25, 0.3) is 0 Å². The van der Waals surface area contributed by atoms with E-state index in [9.17, 15) is 0 Å². The molecule has 0 radical (unpaired) electrons. The Bertz CT molecular complexity index is 115. The van der Waals surface area contributed by atoms with Gasteiger partial charge in [-0.2, -0.15) is 0 Å². The fraction of sp³-hybridized carbons (Fsp3) is 1.00. The highest BCUT2D eigenvalue weighted by Crippen LogP contribution is 2.81. The third-order valence-electron chi connectivity index (χ3n) is 3.00. The highest BCUT2D eigenvalue weighted by atomic mass is 16.3. The molecule has 0 heterocycles. The van der Waals surface area contributed by atoms with Crippen LogP contribution in [-0.2, 0) is 0 Å². The van der Waals surface area contributed by atoms with Crippen LogP contribution in [0.2, 0.25) is 0 Å². The number of hydrogen-bond acceptors (Lipinski definition) is 1. The molecule has 3 atom stereocenters. The molecule has 4 saturated carbocycles. The Morgan fingerprint density at radius 2 is 1.86 bits per heavy atom. The van der Waals surface area contributed by atoms with Gasteiger partial charge in [0.05, 0.1) is 6.10 Å². The standard InChI is InChI=1S/C6H8O/c7-3-1-2-4-5(2)6(3)4/h2-7H,1H2. The van der Waals surface area contributed by atoms with Crippen molar-refractivity contribution in [2.45, 2.75) is 12.5 Å². The van der Waals surface area contributed by atoms with Gasteiger partial charge < -0.3 is 5.11 Å². The van der Waals surface area contributed by atoms with Crippen LogP contribution in [0.4, 0.5) is 0 Å². The van der Waals surface area contributed by atoms with Crippen LogP contribution in [0.25, 0.3) is 0 Å². The fourth-order valence-electron chi connectivity index (χ4n) is 2.50. The topological polar surface area (TPSA) is 20.2 Å². The Morgan fingerprint density at radius 1 is 1.14 bits per heavy atom. The molecule has 1 nitrogen and oxygen atoms in total. The lowest BCUT2D eigenvalue weighted by Gasteiger charge is -1.93. The zero-order chi connectivity index (χ0) is 4.59. The van der Waals surface area contributed by atoms with E-state index in [1.54, 1.807) is 0 Å². The summed E-state index contributed by atoms with van der Waals surface area (Å²) >= 11 is 0. The molecule has 4 fully saturated rings. The van der Waals surface area contributed by atoms with E-state index in [0.29, 0.717) is 0 Å². The van der Waals surface area contributed by atoms with E-state index in [4.69, 9.17) is 5.11 Å². The first-order valence-corrected chi connectivity index (χ1v) is 3.07. The third-order valence-corrected chi connectivity index (χ3v) is 3.00. The van der Waals surface area contributed by atoms with Crippen LogP contribution < -0.4 is 0 Å². The zero-order valence-electron chi connectivity index (χ0n) is 4.04. The SMILES string of the molecule is OC1CC2C3C1C23. The largest absolute Gasteiger partial charge is 0.393 e. The number of rotatable bonds is 0. The molecule has 0 aromatic rings. The Labute approximate surface area is 42.3 Å². The Morgan fingerprint density at radius 3 is 2.00 bits per heavy atom. The molecule has 2 bridgehead atoms. The van der Waals surface area contributed by atoms with Crippen LogP contribution in [0.15, 0.2) is 0 Å². The predicted octanol–water partition coefficient (Wildman–Crippen LogP) is 0.243. The molecule has 1 N–H and O–H groups in total. The molecule has 38 valence electrons. The molecule has 4 rings (SSSR count). The summed E-state index contributed by atoms with van der Waals surface area (Å²) in [5.74, 6) is 3.84. The normalized spacial score (nSPS) is 81.0. The summed E-state index contributed by atoms with van der Waals surface area (Å²) in [5, 5.41) is 9.06. The van der Waals surface area contributed by atoms with Gasteiger partial charge in [0.1, 0.15) is 0 Å². The lowest BCUT2D eigenvalue weighted by molar-refractivity contribution is 0.169. The maximum absolute atomic E-state index is 9.06. The summed E-state index contributed by atoms with van der Waals surface area (Å²) in [6, 6.07) is 0. The van der Waals surface area contributed by atoms with Gasteiger partial charge in [-0.05, 0) is 30.1 Å². The van der Waals surface area contributed by atoms with Gasteiger partial charge >= 0.3 is 0 Å². The summed E-state index contributed by atoms with van der Waals surface area (Å²) in [6.45, 7) is 0. The van der Waals surface area contributed by atoms with Crippen LogP contribution in [0, 0.1) is 23.7 Å². The van der Waals surface area contributed by atoms with E-state index in [2.05, 4.69) is 0 Å². The second-order valence-corrected chi connectivity index (χ2v) is 3.20. The summed E-state index contributed by atoms with van der Waals surface area (Å²) in [6.07, 6.45) is 1.26. The summed E-state index contributed by atoms with van der Waals surface area (Å²) in [5.41, 5.74) is 0. The summed E-state index contributed by atoms with van der Waals surface area (Å²) < 4.78 is 0. The molecule has 7 heavy (non-hydrogen) atoms. The zero-order valence-corrected chi connectivity index (χ0v) is 4.04. The van der Waals surface area contributed by atoms with Crippen molar-refractivity contribution >= 4 is 0 Å². The van der Waals surface area contributed by atoms with Crippen LogP contribution in [-0.4, -0.2) is 11.2 Å². The van der Waals surface area contributed by atoms with E-state index in [1.165, 1.54) is 0 Å². The minimum atomic E-state index is 0.125. The molecule has 0 aromatic heterocycles. The molecule has 4 aliphatic carbocycles. The van der Waals surface area contributed by atoms with Crippen LogP contribution in [0.3, 0.4) is 0 Å². The molecule has 4 aliphatic rings. The van der Waals surface area contributed by atoms with Gasteiger partial charge in [-0.25, -0.2) is 0 Å². The smallest absolute Gasteiger partial charge is 0.0577 e. The van der Waals surface area contributed by atoms with Crippen molar-refractivity contribution in [1.29, 1.82) is 0 Å². The van der Waals surface area contributed by atoms with Crippen molar-refractivity contribution in [1.82, 2.24) is 0 Å². The third kappa shape index (κ3) is 0.163. The fourth-order valence-corrected chi connectivity index (χ4v) is 2.50. The number of hydrogen-bond donors (Lipinski definition) is 1. The molecule has 0 saturated heterocycles. The quantitative estimate of drug-likeness (QED) is 0.458. The van der Waals surface area contributed by atoms with Crippen LogP contribution in [0.1, 0.15) is 6.42 Å². The van der Waals surface area contributed by atoms with Gasteiger partial charge in [-0.3, -0.25) is 0 Å². The molecule has 1 heteroatoms. The molecule has 0 amide bonds. The predicted molar refractivity (Wildman–Crippen MR) is 24.6 cm³/mol. The van der Waals surface area contributed by atoms with Crippen molar-refractivity contribution < 1.29 is 5.11 Å². The first-order valence-electron chi connectivity index (χ1n) is 3.07. The van der Waals surface area contributed by atoms with Crippen molar-refractivity contribution in [3.63, 3.8) is 0 Å². The Balaban J connectivity index is 2.06. The maximum atomic E-state index is 9.06. The maximum Gasteiger partial charge on any atom is 0.0577 e. The van der Waals surface area contributed by atoms with E-state index in [0.717, 1.165) is 30.1 Å². The molecule has 3 unspecified atom stereocenters. The lowest BCUT2D eigenvalue weighted by Crippen LogP contribution is -2.00. The molecular weight excluding hydrogens is 88.1 g/mol. The second-order valence-electron chi connectivity index (χ2n) is 3.20. The van der Waals surface area contributed by atoms with Crippen molar-refractivity contribution in [3.8, 4) is 0 Å². The highest BCUT2D eigenvalue weighted by Gasteiger charge is 2.80. The van der Waals surface area contributed by atoms with Crippen LogP contribution in [0.5, 0.6) is 0 Å². The monoisotopic (exact) mass is 96.1 g/mol. The van der Waals surface area contributed by atoms with Gasteiger partial charge in [-0.1, -0.05) is 0 Å². The second kappa shape index (κ2) is 0.576. The van der Waals surface area contributed by atoms with E-state index in [-0.39, 0.29) is 6.10 Å². The first-order chi connectivity index (χ1) is 3.39. The Kier molecular flexibility index (Phi) is 0.253. The van der Waals surface area contributed by atoms with E-state index in [1.807, 2.05) is 0 Å². The van der Waals surface area contributed by atoms with Crippen molar-refractivity contribution in [3.05, 3.63) is 0 Å². The van der Waals surface area contributed by atoms with Gasteiger partial charge in [0, 0.05) is 0 Å². The molecule has 0 aliphatic heterocycles. The minimum Gasteiger partial charge on any atom is -0.393 e. The first kappa shape index (κ1) is 3.08. The van der Waals surface area contributed by atoms with Crippen molar-refractivity contribution in [2.24, 2.45) is 23.7 Å². The van der Waals surface area contributed by atoms with E-state index >= 15 is 0 Å². The molecular formula is C6H8O. The summed E-state index contributed by atoms with van der Waals surface area (Å²) in [4.78, 5) is 0. The minimum absolute atomic E-state index is 0.125. The average Bonchev–Trinajstić information content (AvgIpc) is 2.41. The number of aliphatic hydroxyl groups excluding tert-OH is 1. The van der Waals surface area contributed by atoms with Crippen molar-refractivity contribution in [2.75, 3.05) is 0 Å². The van der Waals surface area contributed by atoms with Gasteiger partial charge in [-0.15, -0.1) is 0 Å². The van der Waals surface area contributed by atoms with Gasteiger partial charge in [0.15, 0.2) is 0 Å².